The molecule has 1 rings (SSSR count). The number of halogens is 1. The van der Waals surface area contributed by atoms with Crippen LogP contribution in [0, 0.1) is 0 Å². The van der Waals surface area contributed by atoms with Gasteiger partial charge in [0.1, 0.15) is 0 Å². The summed E-state index contributed by atoms with van der Waals surface area (Å²) in [6.45, 7) is 0. The number of hydrogen-bond acceptors (Lipinski definition) is 2. The molecule has 0 aliphatic heterocycles. The third-order valence-electron chi connectivity index (χ3n) is 1.21. The summed E-state index contributed by atoms with van der Waals surface area (Å²) >= 11 is 5.70. The molecule has 0 aliphatic rings. The van der Waals surface area contributed by atoms with Crippen molar-refractivity contribution in [1.29, 1.82) is 0 Å². The molecule has 3 nitrogen and oxygen atoms in total. The molecular formula is C8H6ClNO2. The van der Waals surface area contributed by atoms with Crippen LogP contribution >= 0.6 is 11.6 Å². The van der Waals surface area contributed by atoms with Crippen molar-refractivity contribution in [2.75, 3.05) is 0 Å². The van der Waals surface area contributed by atoms with Crippen LogP contribution in [0.1, 0.15) is 5.56 Å². The molecule has 1 aromatic rings. The summed E-state index contributed by atoms with van der Waals surface area (Å²) in [6, 6.07) is 1.64. The average Bonchev–Trinajstić information content (AvgIpc) is 2.03. The molecule has 1 N–H and O–H groups in total. The minimum absolute atomic E-state index is 0.440. The largest absolute Gasteiger partial charge is 0.478 e. The van der Waals surface area contributed by atoms with Crippen LogP contribution in [0.4, 0.5) is 0 Å². The SMILES string of the molecule is O=C(O)/C=C/c1ccncc1Cl. The van der Waals surface area contributed by atoms with E-state index in [0.717, 1.165) is 6.08 Å². The summed E-state index contributed by atoms with van der Waals surface area (Å²) in [4.78, 5) is 13.9. The van der Waals surface area contributed by atoms with Gasteiger partial charge in [-0.1, -0.05) is 11.6 Å². The smallest absolute Gasteiger partial charge is 0.328 e. The Bertz CT molecular complexity index is 323. The van der Waals surface area contributed by atoms with Crippen molar-refractivity contribution in [2.24, 2.45) is 0 Å². The maximum absolute atomic E-state index is 10.1. The van der Waals surface area contributed by atoms with Gasteiger partial charge < -0.3 is 5.11 Å². The van der Waals surface area contributed by atoms with E-state index in [0.29, 0.717) is 10.6 Å². The van der Waals surface area contributed by atoms with E-state index in [4.69, 9.17) is 16.7 Å². The maximum Gasteiger partial charge on any atom is 0.328 e. The maximum atomic E-state index is 10.1. The van der Waals surface area contributed by atoms with Crippen LogP contribution in [0.2, 0.25) is 5.02 Å². The fraction of sp³-hybridized carbons (Fsp3) is 0. The molecule has 0 saturated heterocycles. The van der Waals surface area contributed by atoms with Gasteiger partial charge in [-0.05, 0) is 17.7 Å². The van der Waals surface area contributed by atoms with E-state index in [1.54, 1.807) is 12.3 Å². The molecule has 0 atom stereocenters. The van der Waals surface area contributed by atoms with Gasteiger partial charge in [0.2, 0.25) is 0 Å². The third-order valence-corrected chi connectivity index (χ3v) is 1.53. The number of pyridine rings is 1. The summed E-state index contributed by atoms with van der Waals surface area (Å²) in [5, 5.41) is 8.76. The van der Waals surface area contributed by atoms with Crippen LogP contribution in [0.25, 0.3) is 6.08 Å². The van der Waals surface area contributed by atoms with Gasteiger partial charge in [0.05, 0.1) is 5.02 Å². The van der Waals surface area contributed by atoms with Crippen molar-refractivity contribution in [3.63, 3.8) is 0 Å². The molecule has 12 heavy (non-hydrogen) atoms. The quantitative estimate of drug-likeness (QED) is 0.712. The number of nitrogens with zero attached hydrogens (tertiary/aromatic N) is 1. The van der Waals surface area contributed by atoms with Gasteiger partial charge in [0.25, 0.3) is 0 Å². The summed E-state index contributed by atoms with van der Waals surface area (Å²) in [7, 11) is 0. The molecule has 0 spiro atoms. The van der Waals surface area contributed by atoms with Gasteiger partial charge in [0, 0.05) is 18.5 Å². The van der Waals surface area contributed by atoms with Crippen molar-refractivity contribution in [3.8, 4) is 0 Å². The summed E-state index contributed by atoms with van der Waals surface area (Å²) in [5.41, 5.74) is 0.647. The van der Waals surface area contributed by atoms with Crippen LogP contribution in [-0.2, 0) is 4.79 Å². The molecule has 0 fully saturated rings. The molecule has 0 bridgehead atoms. The van der Waals surface area contributed by atoms with Gasteiger partial charge in [-0.3, -0.25) is 4.98 Å². The zero-order valence-electron chi connectivity index (χ0n) is 6.07. The molecule has 1 heterocycles. The van der Waals surface area contributed by atoms with Crippen molar-refractivity contribution >= 4 is 23.6 Å². The molecule has 62 valence electrons. The van der Waals surface area contributed by atoms with E-state index in [2.05, 4.69) is 4.98 Å². The normalized spacial score (nSPS) is 10.4. The lowest BCUT2D eigenvalue weighted by Crippen LogP contribution is -1.86. The lowest BCUT2D eigenvalue weighted by molar-refractivity contribution is -0.131. The van der Waals surface area contributed by atoms with Gasteiger partial charge in [-0.15, -0.1) is 0 Å². The van der Waals surface area contributed by atoms with E-state index in [-0.39, 0.29) is 0 Å². The number of aromatic nitrogens is 1. The Labute approximate surface area is 74.3 Å². The average molecular weight is 184 g/mol. The number of carbonyl (C=O) groups is 1. The number of aliphatic carboxylic acids is 1. The first kappa shape index (κ1) is 8.74. The van der Waals surface area contributed by atoms with Gasteiger partial charge in [-0.2, -0.15) is 0 Å². The molecule has 0 saturated carbocycles. The first-order valence-electron chi connectivity index (χ1n) is 3.20. The highest BCUT2D eigenvalue weighted by Gasteiger charge is 1.94. The summed E-state index contributed by atoms with van der Waals surface area (Å²) < 4.78 is 0. The fourth-order valence-electron chi connectivity index (χ4n) is 0.682. The van der Waals surface area contributed by atoms with E-state index in [1.165, 1.54) is 12.3 Å². The molecular weight excluding hydrogens is 178 g/mol. The Morgan fingerprint density at radius 2 is 2.42 bits per heavy atom. The van der Waals surface area contributed by atoms with E-state index in [1.807, 2.05) is 0 Å². The van der Waals surface area contributed by atoms with E-state index < -0.39 is 5.97 Å². The Morgan fingerprint density at radius 1 is 1.67 bits per heavy atom. The van der Waals surface area contributed by atoms with Crippen LogP contribution in [0.5, 0.6) is 0 Å². The predicted molar refractivity (Wildman–Crippen MR) is 45.9 cm³/mol. The minimum Gasteiger partial charge on any atom is -0.478 e. The van der Waals surface area contributed by atoms with Crippen molar-refractivity contribution < 1.29 is 9.90 Å². The predicted octanol–water partition coefficient (Wildman–Crippen LogP) is 1.83. The zero-order chi connectivity index (χ0) is 8.97. The van der Waals surface area contributed by atoms with E-state index in [9.17, 15) is 4.79 Å². The highest BCUT2D eigenvalue weighted by molar-refractivity contribution is 6.32. The monoisotopic (exact) mass is 183 g/mol. The van der Waals surface area contributed by atoms with Crippen molar-refractivity contribution in [1.82, 2.24) is 4.98 Å². The molecule has 0 aromatic carbocycles. The standard InChI is InChI=1S/C8H6ClNO2/c9-7-5-10-4-3-6(7)1-2-8(11)12/h1-5H,(H,11,12)/b2-1+. The third kappa shape index (κ3) is 2.36. The van der Waals surface area contributed by atoms with Crippen LogP contribution in [-0.4, -0.2) is 16.1 Å². The molecule has 1 aromatic heterocycles. The second-order valence-electron chi connectivity index (χ2n) is 2.07. The van der Waals surface area contributed by atoms with Crippen molar-refractivity contribution in [2.45, 2.75) is 0 Å². The van der Waals surface area contributed by atoms with E-state index >= 15 is 0 Å². The van der Waals surface area contributed by atoms with Gasteiger partial charge in [-0.25, -0.2) is 4.79 Å². The fourth-order valence-corrected chi connectivity index (χ4v) is 0.865. The molecule has 0 unspecified atom stereocenters. The highest BCUT2D eigenvalue weighted by atomic mass is 35.5. The molecule has 0 amide bonds. The van der Waals surface area contributed by atoms with Gasteiger partial charge >= 0.3 is 5.97 Å². The number of carboxylic acid groups (broad SMARTS) is 1. The first-order chi connectivity index (χ1) is 5.70. The topological polar surface area (TPSA) is 50.2 Å². The molecule has 0 radical (unpaired) electrons. The molecule has 4 heteroatoms. The number of carboxylic acids is 1. The minimum atomic E-state index is -0.997. The second-order valence-corrected chi connectivity index (χ2v) is 2.48. The second kappa shape index (κ2) is 3.88. The highest BCUT2D eigenvalue weighted by Crippen LogP contribution is 2.14. The van der Waals surface area contributed by atoms with Crippen molar-refractivity contribution in [3.05, 3.63) is 35.1 Å². The first-order valence-corrected chi connectivity index (χ1v) is 3.58. The Balaban J connectivity index is 2.89. The molecule has 0 aliphatic carbocycles. The number of hydrogen-bond donors (Lipinski definition) is 1. The summed E-state index contributed by atoms with van der Waals surface area (Å²) in [5.74, 6) is -0.997. The Hall–Kier alpha value is -1.35. The number of rotatable bonds is 2. The van der Waals surface area contributed by atoms with Crippen LogP contribution in [0.3, 0.4) is 0 Å². The van der Waals surface area contributed by atoms with Crippen LogP contribution < -0.4 is 0 Å². The van der Waals surface area contributed by atoms with Crippen LogP contribution in [0.15, 0.2) is 24.5 Å². The lowest BCUT2D eigenvalue weighted by Gasteiger charge is -1.93. The van der Waals surface area contributed by atoms with Gasteiger partial charge in [0.15, 0.2) is 0 Å². The summed E-state index contributed by atoms with van der Waals surface area (Å²) in [6.07, 6.45) is 5.46. The Kier molecular flexibility index (Phi) is 2.82. The zero-order valence-corrected chi connectivity index (χ0v) is 6.82. The lowest BCUT2D eigenvalue weighted by atomic mass is 10.2. The Morgan fingerprint density at radius 3 is 3.00 bits per heavy atom.